The molecule has 0 bridgehead atoms. The third-order valence-electron chi connectivity index (χ3n) is 8.07. The van der Waals surface area contributed by atoms with Crippen molar-refractivity contribution in [1.82, 2.24) is 18.9 Å². The SMILES string of the molecule is Cc1ccc2ccc(-c3nsc(-c4cccc5c4c4ccccc4n5-c4cccc5c4sc4ccccc45)n3)cc2n1. The van der Waals surface area contributed by atoms with Crippen molar-refractivity contribution >= 4 is 75.8 Å². The van der Waals surface area contributed by atoms with Crippen molar-refractivity contribution in [1.29, 1.82) is 0 Å². The van der Waals surface area contributed by atoms with Gasteiger partial charge in [0.2, 0.25) is 0 Å². The molecule has 0 fully saturated rings. The Bertz CT molecular complexity index is 2500. The highest BCUT2D eigenvalue weighted by Gasteiger charge is 2.20. The summed E-state index contributed by atoms with van der Waals surface area (Å²) in [5.74, 6) is 0.732. The highest BCUT2D eigenvalue weighted by molar-refractivity contribution is 7.26. The van der Waals surface area contributed by atoms with Gasteiger partial charge in [-0.25, -0.2) is 4.98 Å². The minimum atomic E-state index is 0.732. The summed E-state index contributed by atoms with van der Waals surface area (Å²) in [7, 11) is 0. The van der Waals surface area contributed by atoms with Gasteiger partial charge in [-0.05, 0) is 54.9 Å². The second kappa shape index (κ2) is 9.05. The summed E-state index contributed by atoms with van der Waals surface area (Å²) in [4.78, 5) is 9.78. The Morgan fingerprint density at radius 1 is 0.667 bits per heavy atom. The molecular weight excluding hydrogens is 553 g/mol. The molecule has 4 aromatic heterocycles. The molecule has 0 radical (unpaired) electrons. The molecule has 0 unspecified atom stereocenters. The summed E-state index contributed by atoms with van der Waals surface area (Å²) >= 11 is 3.31. The lowest BCUT2D eigenvalue weighted by atomic mass is 10.1. The monoisotopic (exact) mass is 574 g/mol. The lowest BCUT2D eigenvalue weighted by molar-refractivity contribution is 1.20. The van der Waals surface area contributed by atoms with Gasteiger partial charge in [0, 0.05) is 48.5 Å². The van der Waals surface area contributed by atoms with Crippen molar-refractivity contribution in [2.24, 2.45) is 0 Å². The number of rotatable bonds is 3. The van der Waals surface area contributed by atoms with Gasteiger partial charge in [-0.15, -0.1) is 11.3 Å². The van der Waals surface area contributed by atoms with Crippen LogP contribution in [0, 0.1) is 6.92 Å². The minimum Gasteiger partial charge on any atom is -0.308 e. The number of hydrogen-bond donors (Lipinski definition) is 0. The summed E-state index contributed by atoms with van der Waals surface area (Å²) in [6, 6.07) is 41.0. The van der Waals surface area contributed by atoms with Gasteiger partial charge in [0.15, 0.2) is 5.82 Å². The number of para-hydroxylation sites is 1. The Morgan fingerprint density at radius 3 is 2.40 bits per heavy atom. The fraction of sp³-hybridized carbons (Fsp3) is 0.0278. The van der Waals surface area contributed by atoms with Crippen molar-refractivity contribution in [2.75, 3.05) is 0 Å². The topological polar surface area (TPSA) is 43.6 Å². The van der Waals surface area contributed by atoms with Crippen LogP contribution in [0.15, 0.2) is 115 Å². The van der Waals surface area contributed by atoms with Crippen molar-refractivity contribution in [2.45, 2.75) is 6.92 Å². The first-order valence-electron chi connectivity index (χ1n) is 13.9. The van der Waals surface area contributed by atoms with Crippen LogP contribution in [0.5, 0.6) is 0 Å². The average molecular weight is 575 g/mol. The summed E-state index contributed by atoms with van der Waals surface area (Å²) < 4.78 is 9.83. The second-order valence-electron chi connectivity index (χ2n) is 10.6. The van der Waals surface area contributed by atoms with Crippen molar-refractivity contribution in [3.63, 3.8) is 0 Å². The molecule has 198 valence electrons. The maximum atomic E-state index is 5.07. The first-order chi connectivity index (χ1) is 20.7. The summed E-state index contributed by atoms with van der Waals surface area (Å²) in [6.45, 7) is 2.02. The van der Waals surface area contributed by atoms with Gasteiger partial charge in [-0.2, -0.15) is 4.37 Å². The van der Waals surface area contributed by atoms with E-state index in [0.717, 1.165) is 38.6 Å². The first-order valence-corrected chi connectivity index (χ1v) is 15.5. The Kier molecular flexibility index (Phi) is 5.12. The zero-order valence-electron chi connectivity index (χ0n) is 22.6. The fourth-order valence-corrected chi connectivity index (χ4v) is 8.10. The van der Waals surface area contributed by atoms with Crippen molar-refractivity contribution < 1.29 is 0 Å². The van der Waals surface area contributed by atoms with Gasteiger partial charge in [0.25, 0.3) is 0 Å². The Hall–Kier alpha value is -4.91. The predicted octanol–water partition coefficient (Wildman–Crippen LogP) is 10.2. The third-order valence-corrected chi connectivity index (χ3v) is 10.0. The van der Waals surface area contributed by atoms with Crippen LogP contribution in [0.3, 0.4) is 0 Å². The molecule has 5 aromatic carbocycles. The molecule has 9 rings (SSSR count). The van der Waals surface area contributed by atoms with E-state index in [2.05, 4.69) is 114 Å². The molecule has 6 heteroatoms. The number of thiophene rings is 1. The number of fused-ring (bicyclic) bond motifs is 7. The molecule has 9 aromatic rings. The van der Waals surface area contributed by atoms with Crippen LogP contribution in [-0.4, -0.2) is 18.9 Å². The Labute approximate surface area is 249 Å². The van der Waals surface area contributed by atoms with E-state index in [1.54, 1.807) is 0 Å². The highest BCUT2D eigenvalue weighted by Crippen LogP contribution is 2.43. The van der Waals surface area contributed by atoms with Crippen LogP contribution in [0.1, 0.15) is 5.69 Å². The number of nitrogens with zero attached hydrogens (tertiary/aromatic N) is 4. The van der Waals surface area contributed by atoms with Crippen LogP contribution in [0.2, 0.25) is 0 Å². The molecule has 0 atom stereocenters. The van der Waals surface area contributed by atoms with Crippen LogP contribution >= 0.6 is 22.9 Å². The molecule has 0 spiro atoms. The summed E-state index contributed by atoms with van der Waals surface area (Å²) in [5, 5.41) is 7.04. The average Bonchev–Trinajstić information content (AvgIpc) is 3.75. The normalized spacial score (nSPS) is 11.9. The van der Waals surface area contributed by atoms with E-state index < -0.39 is 0 Å². The largest absolute Gasteiger partial charge is 0.308 e. The second-order valence-corrected chi connectivity index (χ2v) is 12.4. The predicted molar refractivity (Wildman–Crippen MR) is 178 cm³/mol. The van der Waals surface area contributed by atoms with Crippen LogP contribution in [-0.2, 0) is 0 Å². The number of hydrogen-bond acceptors (Lipinski definition) is 5. The van der Waals surface area contributed by atoms with E-state index in [9.17, 15) is 0 Å². The summed E-state index contributed by atoms with van der Waals surface area (Å²) in [5.41, 5.74) is 7.60. The molecule has 0 aliphatic carbocycles. The quantitative estimate of drug-likeness (QED) is 0.211. The fourth-order valence-electron chi connectivity index (χ4n) is 6.17. The molecule has 4 heterocycles. The van der Waals surface area contributed by atoms with Gasteiger partial charge in [0.1, 0.15) is 5.01 Å². The first kappa shape index (κ1) is 23.8. The summed E-state index contributed by atoms with van der Waals surface area (Å²) in [6.07, 6.45) is 0. The molecule has 0 aliphatic rings. The highest BCUT2D eigenvalue weighted by atomic mass is 32.1. The van der Waals surface area contributed by atoms with Gasteiger partial charge in [-0.1, -0.05) is 78.9 Å². The van der Waals surface area contributed by atoms with Gasteiger partial charge >= 0.3 is 0 Å². The minimum absolute atomic E-state index is 0.732. The number of aromatic nitrogens is 4. The zero-order valence-corrected chi connectivity index (χ0v) is 24.2. The van der Waals surface area contributed by atoms with Crippen LogP contribution in [0.25, 0.3) is 80.5 Å². The zero-order chi connectivity index (χ0) is 27.8. The molecule has 0 saturated heterocycles. The molecule has 4 nitrogen and oxygen atoms in total. The smallest absolute Gasteiger partial charge is 0.173 e. The van der Waals surface area contributed by atoms with Crippen LogP contribution in [0.4, 0.5) is 0 Å². The molecule has 0 N–H and O–H groups in total. The van der Waals surface area contributed by atoms with Crippen molar-refractivity contribution in [3.05, 3.63) is 121 Å². The Balaban J connectivity index is 1.27. The lowest BCUT2D eigenvalue weighted by Crippen LogP contribution is -1.93. The molecule has 0 aliphatic heterocycles. The molecule has 0 amide bonds. The van der Waals surface area contributed by atoms with Gasteiger partial charge < -0.3 is 4.57 Å². The maximum absolute atomic E-state index is 5.07. The number of aryl methyl sites for hydroxylation is 1. The van der Waals surface area contributed by atoms with E-state index in [1.807, 2.05) is 24.3 Å². The van der Waals surface area contributed by atoms with E-state index >= 15 is 0 Å². The van der Waals surface area contributed by atoms with E-state index in [4.69, 9.17) is 14.3 Å². The number of pyridine rings is 1. The molecular formula is C36H22N4S2. The maximum Gasteiger partial charge on any atom is 0.173 e. The standard InChI is InChI=1S/C36H22N4S2/c1-21-16-17-22-18-19-23(20-28(22)37-21)35-38-36(42-39-35)27-11-7-13-30-33(27)26-9-2-4-12-29(26)40(30)31-14-6-10-25-24-8-3-5-15-32(24)41-34(25)31/h2-20H,1H3. The number of benzene rings is 5. The Morgan fingerprint density at radius 2 is 1.45 bits per heavy atom. The van der Waals surface area contributed by atoms with E-state index in [-0.39, 0.29) is 0 Å². The lowest BCUT2D eigenvalue weighted by Gasteiger charge is -2.09. The van der Waals surface area contributed by atoms with E-state index in [1.165, 1.54) is 59.2 Å². The van der Waals surface area contributed by atoms with Crippen LogP contribution < -0.4 is 0 Å². The third kappa shape index (κ3) is 3.49. The molecule has 42 heavy (non-hydrogen) atoms. The van der Waals surface area contributed by atoms with Crippen molar-refractivity contribution in [3.8, 4) is 27.6 Å². The van der Waals surface area contributed by atoms with Gasteiger partial charge in [-0.3, -0.25) is 4.98 Å². The van der Waals surface area contributed by atoms with Gasteiger partial charge in [0.05, 0.1) is 26.9 Å². The molecule has 0 saturated carbocycles. The van der Waals surface area contributed by atoms with E-state index in [0.29, 0.717) is 0 Å².